The standard InChI is InChI=1S/C16H30/c1-5-11(2)13(4)8-14-9-15-7-6-12(3)16(15)10-14/h11-16H,5-10H2,1-4H3. The summed E-state index contributed by atoms with van der Waals surface area (Å²) in [5, 5.41) is 0. The Morgan fingerprint density at radius 1 is 1.06 bits per heavy atom. The summed E-state index contributed by atoms with van der Waals surface area (Å²) in [5.41, 5.74) is 0. The summed E-state index contributed by atoms with van der Waals surface area (Å²) in [4.78, 5) is 0. The van der Waals surface area contributed by atoms with E-state index in [9.17, 15) is 0 Å². The Morgan fingerprint density at radius 2 is 1.81 bits per heavy atom. The molecule has 2 rings (SSSR count). The van der Waals surface area contributed by atoms with E-state index in [1.54, 1.807) is 19.3 Å². The van der Waals surface area contributed by atoms with Crippen LogP contribution in [0.2, 0.25) is 0 Å². The van der Waals surface area contributed by atoms with E-state index in [2.05, 4.69) is 27.7 Å². The first-order chi connectivity index (χ1) is 7.61. The van der Waals surface area contributed by atoms with E-state index in [-0.39, 0.29) is 0 Å². The molecule has 2 fully saturated rings. The predicted molar refractivity (Wildman–Crippen MR) is 71.3 cm³/mol. The van der Waals surface area contributed by atoms with Crippen LogP contribution in [0.4, 0.5) is 0 Å². The third-order valence-electron chi connectivity index (χ3n) is 5.89. The van der Waals surface area contributed by atoms with Gasteiger partial charge in [0.15, 0.2) is 0 Å². The van der Waals surface area contributed by atoms with Crippen molar-refractivity contribution in [2.24, 2.45) is 35.5 Å². The van der Waals surface area contributed by atoms with Crippen molar-refractivity contribution in [2.45, 2.75) is 66.2 Å². The van der Waals surface area contributed by atoms with E-state index in [0.717, 1.165) is 35.5 Å². The molecule has 0 aromatic heterocycles. The molecule has 0 aromatic carbocycles. The molecule has 2 aliphatic carbocycles. The van der Waals surface area contributed by atoms with E-state index in [0.29, 0.717) is 0 Å². The summed E-state index contributed by atoms with van der Waals surface area (Å²) in [6.07, 6.45) is 9.05. The van der Waals surface area contributed by atoms with Gasteiger partial charge in [0.1, 0.15) is 0 Å². The summed E-state index contributed by atoms with van der Waals surface area (Å²) in [5.74, 6) is 6.20. The molecule has 2 saturated carbocycles. The Labute approximate surface area is 102 Å². The Kier molecular flexibility index (Phi) is 3.97. The molecule has 0 nitrogen and oxygen atoms in total. The van der Waals surface area contributed by atoms with Crippen LogP contribution in [0.25, 0.3) is 0 Å². The van der Waals surface area contributed by atoms with Crippen molar-refractivity contribution >= 4 is 0 Å². The lowest BCUT2D eigenvalue weighted by Crippen LogP contribution is -2.12. The van der Waals surface area contributed by atoms with Gasteiger partial charge in [-0.15, -0.1) is 0 Å². The van der Waals surface area contributed by atoms with Gasteiger partial charge < -0.3 is 0 Å². The molecule has 0 heteroatoms. The molecule has 0 amide bonds. The topological polar surface area (TPSA) is 0 Å². The van der Waals surface area contributed by atoms with Gasteiger partial charge in [-0.3, -0.25) is 0 Å². The fourth-order valence-electron chi connectivity index (χ4n) is 4.35. The third kappa shape index (κ3) is 2.46. The Bertz CT molecular complexity index is 220. The molecule has 0 radical (unpaired) electrons. The van der Waals surface area contributed by atoms with Gasteiger partial charge in [-0.1, -0.05) is 40.5 Å². The highest BCUT2D eigenvalue weighted by atomic mass is 14.5. The molecule has 6 atom stereocenters. The average molecular weight is 222 g/mol. The Balaban J connectivity index is 1.81. The fraction of sp³-hybridized carbons (Fsp3) is 1.00. The Hall–Kier alpha value is 0. The highest BCUT2D eigenvalue weighted by Crippen LogP contribution is 2.51. The molecule has 94 valence electrons. The van der Waals surface area contributed by atoms with Gasteiger partial charge >= 0.3 is 0 Å². The first kappa shape index (κ1) is 12.5. The van der Waals surface area contributed by atoms with Gasteiger partial charge in [-0.25, -0.2) is 0 Å². The van der Waals surface area contributed by atoms with Crippen LogP contribution in [0.1, 0.15) is 66.2 Å². The molecule has 0 bridgehead atoms. The van der Waals surface area contributed by atoms with Gasteiger partial charge in [-0.2, -0.15) is 0 Å². The molecular formula is C16H30. The number of fused-ring (bicyclic) bond motifs is 1. The van der Waals surface area contributed by atoms with E-state index < -0.39 is 0 Å². The highest BCUT2D eigenvalue weighted by Gasteiger charge is 2.41. The Morgan fingerprint density at radius 3 is 2.44 bits per heavy atom. The zero-order valence-electron chi connectivity index (χ0n) is 11.7. The highest BCUT2D eigenvalue weighted by molar-refractivity contribution is 4.91. The lowest BCUT2D eigenvalue weighted by molar-refractivity contribution is 0.284. The van der Waals surface area contributed by atoms with Crippen molar-refractivity contribution < 1.29 is 0 Å². The predicted octanol–water partition coefficient (Wildman–Crippen LogP) is 5.13. The van der Waals surface area contributed by atoms with E-state index >= 15 is 0 Å². The number of hydrogen-bond acceptors (Lipinski definition) is 0. The zero-order chi connectivity index (χ0) is 11.7. The molecule has 6 unspecified atom stereocenters. The second kappa shape index (κ2) is 5.10. The van der Waals surface area contributed by atoms with Crippen LogP contribution in [-0.4, -0.2) is 0 Å². The summed E-state index contributed by atoms with van der Waals surface area (Å²) >= 11 is 0. The second-order valence-corrected chi connectivity index (χ2v) is 6.91. The number of hydrogen-bond donors (Lipinski definition) is 0. The van der Waals surface area contributed by atoms with Crippen molar-refractivity contribution in [2.75, 3.05) is 0 Å². The van der Waals surface area contributed by atoms with Crippen LogP contribution in [0.5, 0.6) is 0 Å². The van der Waals surface area contributed by atoms with Crippen molar-refractivity contribution in [3.05, 3.63) is 0 Å². The van der Waals surface area contributed by atoms with Crippen LogP contribution >= 0.6 is 0 Å². The second-order valence-electron chi connectivity index (χ2n) is 6.91. The van der Waals surface area contributed by atoms with Gasteiger partial charge in [0.25, 0.3) is 0 Å². The maximum Gasteiger partial charge on any atom is -0.0357 e. The van der Waals surface area contributed by atoms with Crippen LogP contribution in [0, 0.1) is 35.5 Å². The van der Waals surface area contributed by atoms with E-state index in [1.807, 2.05) is 0 Å². The normalized spacial score (nSPS) is 42.0. The van der Waals surface area contributed by atoms with Gasteiger partial charge in [0.2, 0.25) is 0 Å². The smallest absolute Gasteiger partial charge is 0.0357 e. The molecule has 0 aliphatic heterocycles. The monoisotopic (exact) mass is 222 g/mol. The lowest BCUT2D eigenvalue weighted by atomic mass is 9.83. The summed E-state index contributed by atoms with van der Waals surface area (Å²) in [6, 6.07) is 0. The van der Waals surface area contributed by atoms with Crippen LogP contribution in [0.3, 0.4) is 0 Å². The van der Waals surface area contributed by atoms with Crippen molar-refractivity contribution in [3.63, 3.8) is 0 Å². The zero-order valence-corrected chi connectivity index (χ0v) is 11.7. The van der Waals surface area contributed by atoms with Gasteiger partial charge in [0.05, 0.1) is 0 Å². The SMILES string of the molecule is CCC(C)C(C)CC1CC2CCC(C)C2C1. The van der Waals surface area contributed by atoms with Crippen molar-refractivity contribution in [1.29, 1.82) is 0 Å². The largest absolute Gasteiger partial charge is 0.0651 e. The minimum atomic E-state index is 0.929. The summed E-state index contributed by atoms with van der Waals surface area (Å²) in [6.45, 7) is 9.74. The first-order valence-electron chi connectivity index (χ1n) is 7.61. The molecular weight excluding hydrogens is 192 g/mol. The minimum absolute atomic E-state index is 0.929. The molecule has 0 N–H and O–H groups in total. The van der Waals surface area contributed by atoms with Gasteiger partial charge in [-0.05, 0) is 61.2 Å². The average Bonchev–Trinajstić information content (AvgIpc) is 2.80. The molecule has 0 spiro atoms. The minimum Gasteiger partial charge on any atom is -0.0651 e. The fourth-order valence-corrected chi connectivity index (χ4v) is 4.35. The quantitative estimate of drug-likeness (QED) is 0.618. The maximum atomic E-state index is 2.49. The third-order valence-corrected chi connectivity index (χ3v) is 5.89. The van der Waals surface area contributed by atoms with Crippen LogP contribution in [-0.2, 0) is 0 Å². The van der Waals surface area contributed by atoms with E-state index in [4.69, 9.17) is 0 Å². The summed E-state index contributed by atoms with van der Waals surface area (Å²) in [7, 11) is 0. The molecule has 0 saturated heterocycles. The molecule has 0 aromatic rings. The van der Waals surface area contributed by atoms with Crippen LogP contribution in [0.15, 0.2) is 0 Å². The maximum absolute atomic E-state index is 2.49. The lowest BCUT2D eigenvalue weighted by Gasteiger charge is -2.22. The summed E-state index contributed by atoms with van der Waals surface area (Å²) < 4.78 is 0. The van der Waals surface area contributed by atoms with Crippen LogP contribution < -0.4 is 0 Å². The van der Waals surface area contributed by atoms with Crippen molar-refractivity contribution in [1.82, 2.24) is 0 Å². The van der Waals surface area contributed by atoms with E-state index in [1.165, 1.54) is 19.3 Å². The molecule has 0 heterocycles. The molecule has 16 heavy (non-hydrogen) atoms. The van der Waals surface area contributed by atoms with Crippen molar-refractivity contribution in [3.8, 4) is 0 Å². The number of rotatable bonds is 4. The first-order valence-corrected chi connectivity index (χ1v) is 7.61. The molecule has 2 aliphatic rings. The van der Waals surface area contributed by atoms with Gasteiger partial charge in [0, 0.05) is 0 Å².